The van der Waals surface area contributed by atoms with E-state index < -0.39 is 6.17 Å². The Balaban J connectivity index is 1.32. The van der Waals surface area contributed by atoms with Crippen molar-refractivity contribution in [3.63, 3.8) is 0 Å². The predicted molar refractivity (Wildman–Crippen MR) is 130 cm³/mol. The van der Waals surface area contributed by atoms with Gasteiger partial charge in [-0.05, 0) is 36.4 Å². The Morgan fingerprint density at radius 3 is 2.57 bits per heavy atom. The molecule has 2 aliphatic heterocycles. The van der Waals surface area contributed by atoms with Gasteiger partial charge in [0.1, 0.15) is 18.5 Å². The van der Waals surface area contributed by atoms with Crippen molar-refractivity contribution in [2.24, 2.45) is 0 Å². The third-order valence-corrected chi connectivity index (χ3v) is 6.37. The van der Waals surface area contributed by atoms with Crippen molar-refractivity contribution >= 4 is 40.0 Å². The minimum absolute atomic E-state index is 0.190. The van der Waals surface area contributed by atoms with Crippen molar-refractivity contribution in [2.45, 2.75) is 6.17 Å². The molecule has 0 saturated heterocycles. The van der Waals surface area contributed by atoms with Gasteiger partial charge in [-0.3, -0.25) is 24.3 Å². The lowest BCUT2D eigenvalue weighted by atomic mass is 10.0. The Morgan fingerprint density at radius 1 is 0.971 bits per heavy atom. The fourth-order valence-corrected chi connectivity index (χ4v) is 4.79. The summed E-state index contributed by atoms with van der Waals surface area (Å²) in [5.74, 6) is -0.179. The summed E-state index contributed by atoms with van der Waals surface area (Å²) in [6.45, 7) is -0.226. The monoisotopic (exact) mass is 464 g/mol. The van der Waals surface area contributed by atoms with Gasteiger partial charge in [-0.25, -0.2) is 0 Å². The number of hydrogen-bond donors (Lipinski definition) is 1. The summed E-state index contributed by atoms with van der Waals surface area (Å²) in [6.07, 6.45) is 0.877. The van der Waals surface area contributed by atoms with Crippen molar-refractivity contribution < 1.29 is 19.1 Å². The summed E-state index contributed by atoms with van der Waals surface area (Å²) < 4.78 is 5.23. The van der Waals surface area contributed by atoms with Crippen LogP contribution in [0.4, 0.5) is 11.4 Å². The highest BCUT2D eigenvalue weighted by atomic mass is 16.5. The zero-order chi connectivity index (χ0) is 24.1. The molecule has 6 rings (SSSR count). The molecule has 8 nitrogen and oxygen atoms in total. The summed E-state index contributed by atoms with van der Waals surface area (Å²) in [4.78, 5) is 47.3. The number of benzene rings is 3. The molecule has 0 aliphatic carbocycles. The predicted octanol–water partition coefficient (Wildman–Crippen LogP) is 4.00. The van der Waals surface area contributed by atoms with Crippen LogP contribution in [0.2, 0.25) is 0 Å². The number of para-hydroxylation sites is 1. The fraction of sp³-hybridized carbons (Fsp3) is 0.111. The number of hydrogen-bond acceptors (Lipinski definition) is 5. The summed E-state index contributed by atoms with van der Waals surface area (Å²) in [6, 6.07) is 21.5. The number of pyridine rings is 1. The number of carbonyl (C=O) groups excluding carboxylic acids is 3. The van der Waals surface area contributed by atoms with Crippen molar-refractivity contribution in [1.82, 2.24) is 9.88 Å². The first-order valence-corrected chi connectivity index (χ1v) is 11.1. The lowest BCUT2D eigenvalue weighted by Crippen LogP contribution is -2.50. The van der Waals surface area contributed by atoms with Crippen LogP contribution in [0.25, 0.3) is 10.9 Å². The number of methoxy groups -OCH3 is 1. The highest BCUT2D eigenvalue weighted by molar-refractivity contribution is 6.17. The van der Waals surface area contributed by atoms with Crippen molar-refractivity contribution in [2.75, 3.05) is 23.9 Å². The van der Waals surface area contributed by atoms with E-state index in [1.165, 1.54) is 4.90 Å². The van der Waals surface area contributed by atoms with Crippen molar-refractivity contribution in [1.29, 1.82) is 0 Å². The van der Waals surface area contributed by atoms with Gasteiger partial charge in [0, 0.05) is 22.6 Å². The van der Waals surface area contributed by atoms with Crippen molar-refractivity contribution in [3.05, 3.63) is 95.7 Å². The standard InChI is InChI=1S/C27H20N4O4/c1-35-18-11-10-16-12-17(14-28-22(16)13-18)29-24(32)15-30-25-19-6-2-3-7-20(19)27(34)31(25)23-9-5-4-8-21(23)26(30)33/h2-14,25H,15H2,1H3,(H,29,32)/t25-/m1/s1. The molecule has 4 aromatic rings. The number of amides is 3. The van der Waals surface area contributed by atoms with Gasteiger partial charge in [-0.15, -0.1) is 0 Å². The molecule has 0 saturated carbocycles. The maximum Gasteiger partial charge on any atom is 0.260 e. The summed E-state index contributed by atoms with van der Waals surface area (Å²) >= 11 is 0. The van der Waals surface area contributed by atoms with E-state index in [1.807, 2.05) is 36.4 Å². The van der Waals surface area contributed by atoms with Gasteiger partial charge in [0.05, 0.1) is 35.8 Å². The average molecular weight is 464 g/mol. The molecule has 3 heterocycles. The van der Waals surface area contributed by atoms with Crippen LogP contribution >= 0.6 is 0 Å². The van der Waals surface area contributed by atoms with Crippen LogP contribution in [0.5, 0.6) is 5.75 Å². The molecule has 2 aliphatic rings. The Morgan fingerprint density at radius 2 is 1.74 bits per heavy atom. The van der Waals surface area contributed by atoms with E-state index in [0.717, 1.165) is 10.9 Å². The maximum absolute atomic E-state index is 13.5. The molecule has 0 fully saturated rings. The fourth-order valence-electron chi connectivity index (χ4n) is 4.79. The van der Waals surface area contributed by atoms with Gasteiger partial charge in [0.2, 0.25) is 5.91 Å². The molecule has 35 heavy (non-hydrogen) atoms. The van der Waals surface area contributed by atoms with Gasteiger partial charge < -0.3 is 15.0 Å². The SMILES string of the molecule is COc1ccc2cc(NC(=O)CN3C(=O)c4ccccc4N4C(=O)c5ccccc5[C@H]34)cnc2c1. The van der Waals surface area contributed by atoms with E-state index in [0.29, 0.717) is 33.8 Å². The molecule has 0 bridgehead atoms. The zero-order valence-corrected chi connectivity index (χ0v) is 18.8. The van der Waals surface area contributed by atoms with E-state index >= 15 is 0 Å². The van der Waals surface area contributed by atoms with Crippen molar-refractivity contribution in [3.8, 4) is 5.75 Å². The molecule has 0 spiro atoms. The second kappa shape index (κ2) is 7.95. The van der Waals surface area contributed by atoms with Crippen LogP contribution in [0, 0.1) is 0 Å². The van der Waals surface area contributed by atoms with E-state index in [4.69, 9.17) is 4.74 Å². The second-order valence-corrected chi connectivity index (χ2v) is 8.42. The van der Waals surface area contributed by atoms with Crippen LogP contribution in [0.15, 0.2) is 79.0 Å². The maximum atomic E-state index is 13.5. The largest absolute Gasteiger partial charge is 0.497 e. The van der Waals surface area contributed by atoms with E-state index in [2.05, 4.69) is 10.3 Å². The highest BCUT2D eigenvalue weighted by Gasteiger charge is 2.48. The molecule has 3 aromatic carbocycles. The van der Waals surface area contributed by atoms with Gasteiger partial charge >= 0.3 is 0 Å². The first kappa shape index (κ1) is 20.9. The summed E-state index contributed by atoms with van der Waals surface area (Å²) in [5, 5.41) is 3.68. The van der Waals surface area contributed by atoms with Crippen LogP contribution in [0.3, 0.4) is 0 Å². The molecule has 1 aromatic heterocycles. The number of aromatic nitrogens is 1. The topological polar surface area (TPSA) is 91.8 Å². The molecule has 1 N–H and O–H groups in total. The zero-order valence-electron chi connectivity index (χ0n) is 18.8. The number of ether oxygens (including phenoxy) is 1. The molecule has 0 unspecified atom stereocenters. The normalized spacial score (nSPS) is 16.1. The Labute approximate surface area is 200 Å². The van der Waals surface area contributed by atoms with E-state index in [9.17, 15) is 14.4 Å². The number of anilines is 2. The summed E-state index contributed by atoms with van der Waals surface area (Å²) in [5.41, 5.74) is 3.42. The van der Waals surface area contributed by atoms with Crippen LogP contribution in [-0.2, 0) is 4.79 Å². The van der Waals surface area contributed by atoms with E-state index in [1.54, 1.807) is 54.6 Å². The van der Waals surface area contributed by atoms with Crippen LogP contribution < -0.4 is 15.0 Å². The van der Waals surface area contributed by atoms with E-state index in [-0.39, 0.29) is 24.3 Å². The van der Waals surface area contributed by atoms with Gasteiger partial charge in [-0.1, -0.05) is 30.3 Å². The molecule has 172 valence electrons. The second-order valence-electron chi connectivity index (χ2n) is 8.42. The molecular formula is C27H20N4O4. The Bertz CT molecular complexity index is 1530. The smallest absolute Gasteiger partial charge is 0.260 e. The first-order valence-electron chi connectivity index (χ1n) is 11.1. The number of rotatable bonds is 4. The lowest BCUT2D eigenvalue weighted by Gasteiger charge is -2.40. The first-order chi connectivity index (χ1) is 17.0. The van der Waals surface area contributed by atoms with Gasteiger partial charge in [-0.2, -0.15) is 0 Å². The lowest BCUT2D eigenvalue weighted by molar-refractivity contribution is -0.117. The molecule has 0 radical (unpaired) electrons. The minimum atomic E-state index is -0.686. The van der Waals surface area contributed by atoms with Crippen LogP contribution in [-0.4, -0.2) is 41.3 Å². The number of carbonyl (C=O) groups is 3. The average Bonchev–Trinajstić information content (AvgIpc) is 3.18. The number of nitrogens with zero attached hydrogens (tertiary/aromatic N) is 3. The number of fused-ring (bicyclic) bond motifs is 6. The Hall–Kier alpha value is -4.72. The number of nitrogens with one attached hydrogen (secondary N) is 1. The molecule has 8 heteroatoms. The quantitative estimate of drug-likeness (QED) is 0.493. The molecule has 1 atom stereocenters. The third kappa shape index (κ3) is 3.30. The third-order valence-electron chi connectivity index (χ3n) is 6.37. The molecular weight excluding hydrogens is 444 g/mol. The summed E-state index contributed by atoms with van der Waals surface area (Å²) in [7, 11) is 1.59. The molecule has 3 amide bonds. The highest BCUT2D eigenvalue weighted by Crippen LogP contribution is 2.45. The van der Waals surface area contributed by atoms with Gasteiger partial charge in [0.15, 0.2) is 0 Å². The van der Waals surface area contributed by atoms with Gasteiger partial charge in [0.25, 0.3) is 11.8 Å². The Kier molecular flexibility index (Phi) is 4.74. The minimum Gasteiger partial charge on any atom is -0.497 e. The van der Waals surface area contributed by atoms with Crippen LogP contribution in [0.1, 0.15) is 32.4 Å².